The minimum Gasteiger partial charge on any atom is -0.444 e. The zero-order valence-corrected chi connectivity index (χ0v) is 21.7. The maximum atomic E-state index is 12.1. The Labute approximate surface area is 202 Å². The zero-order valence-electron chi connectivity index (χ0n) is 19.3. The molecular formula is C22H36IN5O3. The molecule has 1 aromatic rings. The van der Waals surface area contributed by atoms with Crippen LogP contribution >= 0.6 is 24.0 Å². The monoisotopic (exact) mass is 545 g/mol. The number of rotatable bonds is 6. The summed E-state index contributed by atoms with van der Waals surface area (Å²) in [6, 6.07) is 7.88. The van der Waals surface area contributed by atoms with Crippen molar-refractivity contribution in [1.29, 1.82) is 0 Å². The number of anilines is 1. The van der Waals surface area contributed by atoms with Crippen LogP contribution in [0.1, 0.15) is 46.6 Å². The molecular weight excluding hydrogens is 509 g/mol. The second kappa shape index (κ2) is 12.1. The van der Waals surface area contributed by atoms with Crippen LogP contribution in [-0.4, -0.2) is 54.6 Å². The molecule has 2 amide bonds. The van der Waals surface area contributed by atoms with Crippen molar-refractivity contribution in [3.63, 3.8) is 0 Å². The number of amides is 2. The normalized spacial score (nSPS) is 15.3. The molecule has 9 heteroatoms. The van der Waals surface area contributed by atoms with Gasteiger partial charge in [0.25, 0.3) is 0 Å². The summed E-state index contributed by atoms with van der Waals surface area (Å²) in [5, 5.41) is 9.54. The molecule has 1 atom stereocenters. The van der Waals surface area contributed by atoms with E-state index in [4.69, 9.17) is 4.74 Å². The third kappa shape index (κ3) is 8.92. The number of benzene rings is 1. The molecule has 1 fully saturated rings. The molecule has 1 heterocycles. The van der Waals surface area contributed by atoms with E-state index < -0.39 is 5.60 Å². The van der Waals surface area contributed by atoms with Gasteiger partial charge in [0.05, 0.1) is 6.04 Å². The fraction of sp³-hybridized carbons (Fsp3) is 0.591. The fourth-order valence-electron chi connectivity index (χ4n) is 2.83. The molecule has 1 aliphatic heterocycles. The maximum Gasteiger partial charge on any atom is 0.410 e. The van der Waals surface area contributed by atoms with Crippen LogP contribution in [0, 0.1) is 5.92 Å². The van der Waals surface area contributed by atoms with Gasteiger partial charge in [-0.05, 0) is 44.9 Å². The SMILES string of the molecule is CCC(C)C(=O)Nc1cccc(CNC(=NC)NC2CN(C(=O)OC(C)(C)C)C2)c1.I. The van der Waals surface area contributed by atoms with Crippen LogP contribution in [0.4, 0.5) is 10.5 Å². The number of aliphatic imine (C=N–C) groups is 1. The predicted molar refractivity (Wildman–Crippen MR) is 135 cm³/mol. The van der Waals surface area contributed by atoms with Crippen LogP contribution < -0.4 is 16.0 Å². The topological polar surface area (TPSA) is 95.1 Å². The fourth-order valence-corrected chi connectivity index (χ4v) is 2.83. The second-order valence-corrected chi connectivity index (χ2v) is 8.65. The number of carbonyl (C=O) groups is 2. The van der Waals surface area contributed by atoms with Gasteiger partial charge < -0.3 is 25.6 Å². The van der Waals surface area contributed by atoms with Crippen molar-refractivity contribution in [2.24, 2.45) is 10.9 Å². The molecule has 1 saturated heterocycles. The molecule has 0 bridgehead atoms. The van der Waals surface area contributed by atoms with Crippen LogP contribution in [0.2, 0.25) is 0 Å². The van der Waals surface area contributed by atoms with E-state index in [1.807, 2.05) is 58.9 Å². The van der Waals surface area contributed by atoms with E-state index in [0.29, 0.717) is 25.6 Å². The highest BCUT2D eigenvalue weighted by Crippen LogP contribution is 2.16. The Hall–Kier alpha value is -2.04. The van der Waals surface area contributed by atoms with E-state index in [1.165, 1.54) is 0 Å². The summed E-state index contributed by atoms with van der Waals surface area (Å²) >= 11 is 0. The smallest absolute Gasteiger partial charge is 0.410 e. The average molecular weight is 545 g/mol. The van der Waals surface area contributed by atoms with Crippen molar-refractivity contribution < 1.29 is 14.3 Å². The molecule has 0 aliphatic carbocycles. The van der Waals surface area contributed by atoms with Crippen molar-refractivity contribution in [1.82, 2.24) is 15.5 Å². The molecule has 8 nitrogen and oxygen atoms in total. The highest BCUT2D eigenvalue weighted by atomic mass is 127. The summed E-state index contributed by atoms with van der Waals surface area (Å²) in [7, 11) is 1.71. The van der Waals surface area contributed by atoms with Gasteiger partial charge in [0.1, 0.15) is 5.60 Å². The molecule has 1 aromatic carbocycles. The largest absolute Gasteiger partial charge is 0.444 e. The van der Waals surface area contributed by atoms with Crippen LogP contribution in [0.25, 0.3) is 0 Å². The molecule has 31 heavy (non-hydrogen) atoms. The zero-order chi connectivity index (χ0) is 22.3. The van der Waals surface area contributed by atoms with Crippen molar-refractivity contribution in [3.8, 4) is 0 Å². The Morgan fingerprint density at radius 2 is 1.97 bits per heavy atom. The Kier molecular flexibility index (Phi) is 10.5. The average Bonchev–Trinajstić information content (AvgIpc) is 2.64. The number of likely N-dealkylation sites (tertiary alicyclic amines) is 1. The number of hydrogen-bond donors (Lipinski definition) is 3. The molecule has 2 rings (SSSR count). The Morgan fingerprint density at radius 3 is 2.55 bits per heavy atom. The molecule has 3 N–H and O–H groups in total. The van der Waals surface area contributed by atoms with E-state index >= 15 is 0 Å². The van der Waals surface area contributed by atoms with Crippen LogP contribution in [0.5, 0.6) is 0 Å². The van der Waals surface area contributed by atoms with E-state index in [0.717, 1.165) is 17.7 Å². The lowest BCUT2D eigenvalue weighted by Gasteiger charge is -2.40. The summed E-state index contributed by atoms with van der Waals surface area (Å²) in [6.07, 6.45) is 0.515. The van der Waals surface area contributed by atoms with Gasteiger partial charge in [-0.3, -0.25) is 9.79 Å². The van der Waals surface area contributed by atoms with Gasteiger partial charge in [-0.25, -0.2) is 4.79 Å². The lowest BCUT2D eigenvalue weighted by Crippen LogP contribution is -2.63. The molecule has 0 aromatic heterocycles. The predicted octanol–water partition coefficient (Wildman–Crippen LogP) is 3.57. The molecule has 0 saturated carbocycles. The highest BCUT2D eigenvalue weighted by Gasteiger charge is 2.34. The van der Waals surface area contributed by atoms with Crippen LogP contribution in [0.15, 0.2) is 29.3 Å². The number of guanidine groups is 1. The van der Waals surface area contributed by atoms with Gasteiger partial charge >= 0.3 is 6.09 Å². The molecule has 0 radical (unpaired) electrons. The number of nitrogens with zero attached hydrogens (tertiary/aromatic N) is 2. The first-order valence-corrected chi connectivity index (χ1v) is 10.5. The summed E-state index contributed by atoms with van der Waals surface area (Å²) in [5.41, 5.74) is 1.33. The van der Waals surface area contributed by atoms with E-state index in [1.54, 1.807) is 11.9 Å². The first-order valence-electron chi connectivity index (χ1n) is 10.5. The van der Waals surface area contributed by atoms with Crippen LogP contribution in [0.3, 0.4) is 0 Å². The summed E-state index contributed by atoms with van der Waals surface area (Å²) in [4.78, 5) is 30.0. The lowest BCUT2D eigenvalue weighted by atomic mass is 10.1. The first-order chi connectivity index (χ1) is 14.1. The van der Waals surface area contributed by atoms with E-state index in [2.05, 4.69) is 20.9 Å². The van der Waals surface area contributed by atoms with Gasteiger partial charge in [-0.2, -0.15) is 0 Å². The summed E-state index contributed by atoms with van der Waals surface area (Å²) < 4.78 is 5.37. The second-order valence-electron chi connectivity index (χ2n) is 8.65. The molecule has 174 valence electrons. The summed E-state index contributed by atoms with van der Waals surface area (Å²) in [5.74, 6) is 0.676. The third-order valence-corrected chi connectivity index (χ3v) is 4.81. The quantitative estimate of drug-likeness (QED) is 0.289. The number of nitrogens with one attached hydrogen (secondary N) is 3. The minimum absolute atomic E-state index is 0. The van der Waals surface area contributed by atoms with Gasteiger partial charge in [0, 0.05) is 38.3 Å². The highest BCUT2D eigenvalue weighted by molar-refractivity contribution is 14.0. The molecule has 0 spiro atoms. The van der Waals surface area contributed by atoms with Gasteiger partial charge in [0.2, 0.25) is 5.91 Å². The maximum absolute atomic E-state index is 12.1. The minimum atomic E-state index is -0.490. The Bertz CT molecular complexity index is 773. The van der Waals surface area contributed by atoms with Gasteiger partial charge in [-0.15, -0.1) is 24.0 Å². The first kappa shape index (κ1) is 27.0. The third-order valence-electron chi connectivity index (χ3n) is 4.81. The number of carbonyl (C=O) groups excluding carboxylic acids is 2. The Morgan fingerprint density at radius 1 is 1.29 bits per heavy atom. The van der Waals surface area contributed by atoms with Crippen molar-refractivity contribution in [2.45, 2.75) is 59.2 Å². The Balaban J connectivity index is 0.00000480. The summed E-state index contributed by atoms with van der Waals surface area (Å²) in [6.45, 7) is 11.2. The van der Waals surface area contributed by atoms with Crippen molar-refractivity contribution in [3.05, 3.63) is 29.8 Å². The van der Waals surface area contributed by atoms with Crippen molar-refractivity contribution >= 4 is 47.6 Å². The van der Waals surface area contributed by atoms with Crippen LogP contribution in [-0.2, 0) is 16.1 Å². The number of hydrogen-bond acceptors (Lipinski definition) is 4. The van der Waals surface area contributed by atoms with Gasteiger partial charge in [0.15, 0.2) is 5.96 Å². The van der Waals surface area contributed by atoms with E-state index in [9.17, 15) is 9.59 Å². The van der Waals surface area contributed by atoms with E-state index in [-0.39, 0.29) is 47.9 Å². The lowest BCUT2D eigenvalue weighted by molar-refractivity contribution is -0.119. The standard InChI is InChI=1S/C22H35N5O3.HI/c1-7-15(2)19(28)25-17-10-8-9-16(11-17)12-24-20(23-6)26-18-13-27(14-18)21(29)30-22(3,4)5;/h8-11,15,18H,7,12-14H2,1-6H3,(H,25,28)(H2,23,24,26);1H. The van der Waals surface area contributed by atoms with Crippen molar-refractivity contribution in [2.75, 3.05) is 25.5 Å². The van der Waals surface area contributed by atoms with Gasteiger partial charge in [-0.1, -0.05) is 26.0 Å². The number of halogens is 1. The number of ether oxygens (including phenoxy) is 1. The molecule has 1 unspecified atom stereocenters. The molecule has 1 aliphatic rings.